The van der Waals surface area contributed by atoms with Gasteiger partial charge in [-0.05, 0) is 57.9 Å². The third-order valence-electron chi connectivity index (χ3n) is 7.15. The molecule has 34 heavy (non-hydrogen) atoms. The molecule has 2 aromatic heterocycles. The molecule has 8 rings (SSSR count). The van der Waals surface area contributed by atoms with Crippen LogP contribution in [0.5, 0.6) is 0 Å². The maximum absolute atomic E-state index is 2.45. The second-order valence-corrected chi connectivity index (χ2v) is 10.1. The summed E-state index contributed by atoms with van der Waals surface area (Å²) in [5.74, 6) is 0. The van der Waals surface area contributed by atoms with Crippen molar-refractivity contribution in [3.05, 3.63) is 115 Å². The lowest BCUT2D eigenvalue weighted by atomic mass is 10.0. The first-order valence-electron chi connectivity index (χ1n) is 11.6. The van der Waals surface area contributed by atoms with Gasteiger partial charge in [-0.15, -0.1) is 11.3 Å². The summed E-state index contributed by atoms with van der Waals surface area (Å²) in [4.78, 5) is 0. The maximum atomic E-state index is 2.45. The highest BCUT2D eigenvalue weighted by Gasteiger charge is 2.18. The zero-order chi connectivity index (χ0) is 22.2. The minimum atomic E-state index is 1.20. The summed E-state index contributed by atoms with van der Waals surface area (Å²) in [5, 5.41) is 10.6. The Hall–Kier alpha value is -4.14. The van der Waals surface area contributed by atoms with Gasteiger partial charge in [-0.2, -0.15) is 0 Å². The van der Waals surface area contributed by atoms with E-state index in [1.165, 1.54) is 69.2 Å². The Morgan fingerprint density at radius 3 is 1.91 bits per heavy atom. The number of aromatic nitrogens is 1. The fourth-order valence-corrected chi connectivity index (χ4v) is 6.82. The molecule has 0 radical (unpaired) electrons. The van der Waals surface area contributed by atoms with Gasteiger partial charge in [0.25, 0.3) is 0 Å². The van der Waals surface area contributed by atoms with Crippen LogP contribution >= 0.6 is 11.3 Å². The molecule has 0 N–H and O–H groups in total. The monoisotopic (exact) mass is 449 g/mol. The van der Waals surface area contributed by atoms with Crippen LogP contribution in [0.2, 0.25) is 0 Å². The van der Waals surface area contributed by atoms with Crippen LogP contribution in [0.1, 0.15) is 0 Å². The van der Waals surface area contributed by atoms with Gasteiger partial charge >= 0.3 is 0 Å². The molecule has 0 bridgehead atoms. The fourth-order valence-electron chi connectivity index (χ4n) is 5.68. The van der Waals surface area contributed by atoms with Gasteiger partial charge in [-0.3, -0.25) is 0 Å². The molecule has 1 nitrogen and oxygen atoms in total. The molecule has 0 fully saturated rings. The number of nitrogens with zero attached hydrogens (tertiary/aromatic N) is 1. The molecule has 0 aliphatic heterocycles. The fraction of sp³-hybridized carbons (Fsp3) is 0. The van der Waals surface area contributed by atoms with Crippen LogP contribution in [0.4, 0.5) is 0 Å². The van der Waals surface area contributed by atoms with E-state index in [4.69, 9.17) is 0 Å². The normalized spacial score (nSPS) is 12.1. The lowest BCUT2D eigenvalue weighted by Gasteiger charge is -2.08. The second-order valence-electron chi connectivity index (χ2n) is 8.98. The Morgan fingerprint density at radius 2 is 1.12 bits per heavy atom. The van der Waals surface area contributed by atoms with Gasteiger partial charge < -0.3 is 4.57 Å². The van der Waals surface area contributed by atoms with Crippen molar-refractivity contribution >= 4 is 74.9 Å². The summed E-state index contributed by atoms with van der Waals surface area (Å²) < 4.78 is 5.11. The van der Waals surface area contributed by atoms with Crippen molar-refractivity contribution in [2.24, 2.45) is 0 Å². The highest BCUT2D eigenvalue weighted by molar-refractivity contribution is 7.26. The summed E-state index contributed by atoms with van der Waals surface area (Å²) in [7, 11) is 0. The number of para-hydroxylation sites is 1. The van der Waals surface area contributed by atoms with Gasteiger partial charge in [0, 0.05) is 36.6 Å². The van der Waals surface area contributed by atoms with Crippen molar-refractivity contribution in [3.8, 4) is 5.69 Å². The summed E-state index contributed by atoms with van der Waals surface area (Å²) in [6, 6.07) is 42.2. The van der Waals surface area contributed by atoms with Crippen molar-refractivity contribution in [2.75, 3.05) is 0 Å². The van der Waals surface area contributed by atoms with Crippen LogP contribution in [0.3, 0.4) is 0 Å². The van der Waals surface area contributed by atoms with Gasteiger partial charge in [-0.1, -0.05) is 78.9 Å². The van der Waals surface area contributed by atoms with Crippen LogP contribution in [0.25, 0.3) is 69.2 Å². The zero-order valence-electron chi connectivity index (χ0n) is 18.3. The van der Waals surface area contributed by atoms with Crippen LogP contribution < -0.4 is 0 Å². The Labute approximate surface area is 200 Å². The Bertz CT molecular complexity index is 2060. The van der Waals surface area contributed by atoms with Crippen LogP contribution in [-0.2, 0) is 0 Å². The molecule has 0 amide bonds. The van der Waals surface area contributed by atoms with E-state index >= 15 is 0 Å². The predicted octanol–water partition coefficient (Wildman–Crippen LogP) is 9.46. The minimum Gasteiger partial charge on any atom is -0.309 e. The standard InChI is InChI=1S/C32H19NS/c1-2-10-22(11-3-1)33-27-16-14-20-8-4-6-12-23(20)31(27)25-18-26-30(19-28(25)33)34-29-17-15-21-9-5-7-13-24(21)32(26)29/h1-19H. The van der Waals surface area contributed by atoms with E-state index in [1.54, 1.807) is 0 Å². The first kappa shape index (κ1) is 18.3. The molecular weight excluding hydrogens is 430 g/mol. The molecule has 6 aromatic carbocycles. The number of hydrogen-bond acceptors (Lipinski definition) is 1. The molecule has 2 heteroatoms. The molecule has 158 valence electrons. The van der Waals surface area contributed by atoms with Crippen molar-refractivity contribution < 1.29 is 0 Å². The average Bonchev–Trinajstić information content (AvgIpc) is 3.43. The predicted molar refractivity (Wildman–Crippen MR) is 149 cm³/mol. The van der Waals surface area contributed by atoms with E-state index in [2.05, 4.69) is 120 Å². The molecule has 0 aliphatic rings. The minimum absolute atomic E-state index is 1.20. The van der Waals surface area contributed by atoms with Crippen LogP contribution in [0, 0.1) is 0 Å². The first-order valence-corrected chi connectivity index (χ1v) is 12.4. The topological polar surface area (TPSA) is 4.93 Å². The van der Waals surface area contributed by atoms with E-state index < -0.39 is 0 Å². The number of rotatable bonds is 1. The third kappa shape index (κ3) is 2.38. The summed E-state index contributed by atoms with van der Waals surface area (Å²) in [5.41, 5.74) is 3.72. The Kier molecular flexibility index (Phi) is 3.60. The van der Waals surface area contributed by atoms with Crippen molar-refractivity contribution in [1.82, 2.24) is 4.57 Å². The molecule has 0 unspecified atom stereocenters. The molecule has 0 atom stereocenters. The smallest absolute Gasteiger partial charge is 0.0555 e. The molecule has 8 aromatic rings. The maximum Gasteiger partial charge on any atom is 0.0555 e. The number of hydrogen-bond donors (Lipinski definition) is 0. The number of fused-ring (bicyclic) bond motifs is 10. The van der Waals surface area contributed by atoms with Gasteiger partial charge in [0.2, 0.25) is 0 Å². The van der Waals surface area contributed by atoms with Gasteiger partial charge in [0.15, 0.2) is 0 Å². The third-order valence-corrected chi connectivity index (χ3v) is 8.27. The Balaban J connectivity index is 1.64. The second kappa shape index (κ2) is 6.69. The molecular formula is C32H19NS. The van der Waals surface area contributed by atoms with Gasteiger partial charge in [0.05, 0.1) is 11.0 Å². The highest BCUT2D eigenvalue weighted by Crippen LogP contribution is 2.44. The zero-order valence-corrected chi connectivity index (χ0v) is 19.1. The van der Waals surface area contributed by atoms with E-state index in [0.717, 1.165) is 0 Å². The number of thiophene rings is 1. The molecule has 0 saturated heterocycles. The van der Waals surface area contributed by atoms with Crippen molar-refractivity contribution in [1.29, 1.82) is 0 Å². The summed E-state index contributed by atoms with van der Waals surface area (Å²) in [6.07, 6.45) is 0. The quantitative estimate of drug-likeness (QED) is 0.235. The lowest BCUT2D eigenvalue weighted by molar-refractivity contribution is 1.18. The molecule has 0 saturated carbocycles. The van der Waals surface area contributed by atoms with Gasteiger partial charge in [0.1, 0.15) is 0 Å². The molecule has 2 heterocycles. The van der Waals surface area contributed by atoms with Crippen molar-refractivity contribution in [2.45, 2.75) is 0 Å². The van der Waals surface area contributed by atoms with E-state index in [9.17, 15) is 0 Å². The first-order chi connectivity index (χ1) is 16.9. The summed E-state index contributed by atoms with van der Waals surface area (Å²) in [6.45, 7) is 0. The largest absolute Gasteiger partial charge is 0.309 e. The highest BCUT2D eigenvalue weighted by atomic mass is 32.1. The van der Waals surface area contributed by atoms with Crippen LogP contribution in [0.15, 0.2) is 115 Å². The molecule has 0 aliphatic carbocycles. The number of benzene rings is 6. The van der Waals surface area contributed by atoms with E-state index in [1.807, 2.05) is 11.3 Å². The molecule has 0 spiro atoms. The Morgan fingerprint density at radius 1 is 0.441 bits per heavy atom. The van der Waals surface area contributed by atoms with E-state index in [-0.39, 0.29) is 0 Å². The average molecular weight is 450 g/mol. The van der Waals surface area contributed by atoms with Gasteiger partial charge in [-0.25, -0.2) is 0 Å². The van der Waals surface area contributed by atoms with Crippen molar-refractivity contribution in [3.63, 3.8) is 0 Å². The van der Waals surface area contributed by atoms with E-state index in [0.29, 0.717) is 0 Å². The lowest BCUT2D eigenvalue weighted by Crippen LogP contribution is -1.92. The SMILES string of the molecule is c1ccc(-n2c3cc4sc5ccc6ccccc6c5c4cc3c3c4ccccc4ccc32)cc1. The van der Waals surface area contributed by atoms with Crippen LogP contribution in [-0.4, -0.2) is 4.57 Å². The summed E-state index contributed by atoms with van der Waals surface area (Å²) >= 11 is 1.90.